The van der Waals surface area contributed by atoms with Crippen LogP contribution < -0.4 is 0 Å². The molecule has 0 atom stereocenters. The van der Waals surface area contributed by atoms with Gasteiger partial charge in [-0.2, -0.15) is 0 Å². The molecule has 0 aliphatic rings. The van der Waals surface area contributed by atoms with Gasteiger partial charge in [-0.1, -0.05) is 47.1 Å². The van der Waals surface area contributed by atoms with Crippen LogP contribution in [0.2, 0.25) is 0 Å². The number of ether oxygens (including phenoxy) is 1. The topological polar surface area (TPSA) is 52.3 Å². The molecule has 0 aliphatic heterocycles. The summed E-state index contributed by atoms with van der Waals surface area (Å²) in [6.07, 6.45) is 0.194. The van der Waals surface area contributed by atoms with E-state index in [1.807, 2.05) is 31.2 Å². The van der Waals surface area contributed by atoms with Crippen LogP contribution in [0.5, 0.6) is 0 Å². The summed E-state index contributed by atoms with van der Waals surface area (Å²) in [7, 11) is 0. The first-order chi connectivity index (χ1) is 11.6. The van der Waals surface area contributed by atoms with E-state index in [1.54, 1.807) is 24.3 Å². The molecule has 122 valence electrons. The first-order valence-corrected chi connectivity index (χ1v) is 7.53. The highest BCUT2D eigenvalue weighted by molar-refractivity contribution is 5.72. The second-order valence-electron chi connectivity index (χ2n) is 5.49. The molecule has 3 aromatic rings. The number of halogens is 1. The first-order valence-electron chi connectivity index (χ1n) is 7.53. The summed E-state index contributed by atoms with van der Waals surface area (Å²) < 4.78 is 24.0. The monoisotopic (exact) mass is 325 g/mol. The smallest absolute Gasteiger partial charge is 0.310 e. The highest BCUT2D eigenvalue weighted by Gasteiger charge is 2.12. The van der Waals surface area contributed by atoms with Crippen molar-refractivity contribution in [1.29, 1.82) is 0 Å². The summed E-state index contributed by atoms with van der Waals surface area (Å²) in [5.74, 6) is -0.439. The minimum absolute atomic E-state index is 0.0113. The van der Waals surface area contributed by atoms with Crippen molar-refractivity contribution >= 4 is 5.97 Å². The quantitative estimate of drug-likeness (QED) is 0.663. The number of rotatable bonds is 5. The molecule has 0 N–H and O–H groups in total. The molecule has 0 amide bonds. The number of aryl methyl sites for hydroxylation is 1. The van der Waals surface area contributed by atoms with Gasteiger partial charge in [-0.05, 0) is 24.6 Å². The molecule has 1 heterocycles. The summed E-state index contributed by atoms with van der Waals surface area (Å²) in [4.78, 5) is 11.9. The summed E-state index contributed by atoms with van der Waals surface area (Å²) >= 11 is 0. The van der Waals surface area contributed by atoms with Crippen LogP contribution in [0, 0.1) is 12.7 Å². The number of hydrogen-bond donors (Lipinski definition) is 0. The molecular weight excluding hydrogens is 309 g/mol. The molecule has 0 fully saturated rings. The lowest BCUT2D eigenvalue weighted by atomic mass is 10.1. The van der Waals surface area contributed by atoms with Crippen molar-refractivity contribution in [2.75, 3.05) is 0 Å². The Morgan fingerprint density at radius 1 is 1.17 bits per heavy atom. The highest BCUT2D eigenvalue weighted by Crippen LogP contribution is 2.23. The Bertz CT molecular complexity index is 857. The molecule has 3 rings (SSSR count). The van der Waals surface area contributed by atoms with Crippen molar-refractivity contribution in [3.63, 3.8) is 0 Å². The van der Waals surface area contributed by atoms with Gasteiger partial charge >= 0.3 is 5.97 Å². The number of carbonyl (C=O) groups excluding carboxylic acids is 1. The van der Waals surface area contributed by atoms with Crippen LogP contribution in [-0.2, 0) is 22.6 Å². The molecule has 5 heteroatoms. The first kappa shape index (κ1) is 15.9. The standard InChI is InChI=1S/C19H16FNO3/c1-13-5-4-6-14(9-13)10-19(22)23-12-15-11-18(24-21-15)16-7-2-3-8-17(16)20/h2-9,11H,10,12H2,1H3. The number of hydrogen-bond acceptors (Lipinski definition) is 4. The third kappa shape index (κ3) is 3.87. The van der Waals surface area contributed by atoms with Crippen LogP contribution in [0.4, 0.5) is 4.39 Å². The average molecular weight is 325 g/mol. The SMILES string of the molecule is Cc1cccc(CC(=O)OCc2cc(-c3ccccc3F)on2)c1. The van der Waals surface area contributed by atoms with E-state index in [0.717, 1.165) is 11.1 Å². The Balaban J connectivity index is 1.59. The van der Waals surface area contributed by atoms with Gasteiger partial charge in [0.1, 0.15) is 18.1 Å². The van der Waals surface area contributed by atoms with Crippen molar-refractivity contribution in [2.45, 2.75) is 20.0 Å². The molecular formula is C19H16FNO3. The molecule has 0 unspecified atom stereocenters. The lowest BCUT2D eigenvalue weighted by molar-refractivity contribution is -0.144. The van der Waals surface area contributed by atoms with Crippen molar-refractivity contribution in [3.05, 3.63) is 77.2 Å². The summed E-state index contributed by atoms with van der Waals surface area (Å²) in [5, 5.41) is 3.81. The molecule has 0 spiro atoms. The normalized spacial score (nSPS) is 10.6. The molecule has 4 nitrogen and oxygen atoms in total. The van der Waals surface area contributed by atoms with E-state index in [0.29, 0.717) is 17.0 Å². The summed E-state index contributed by atoms with van der Waals surface area (Å²) in [5.41, 5.74) is 2.74. The largest absolute Gasteiger partial charge is 0.459 e. The molecule has 1 aromatic heterocycles. The van der Waals surface area contributed by atoms with E-state index in [-0.39, 0.29) is 19.0 Å². The Morgan fingerprint density at radius 2 is 2.00 bits per heavy atom. The fourth-order valence-electron chi connectivity index (χ4n) is 2.36. The minimum atomic E-state index is -0.392. The van der Waals surface area contributed by atoms with Crippen molar-refractivity contribution < 1.29 is 18.4 Å². The third-order valence-corrected chi connectivity index (χ3v) is 3.51. The van der Waals surface area contributed by atoms with Gasteiger partial charge in [0, 0.05) is 6.07 Å². The molecule has 0 bridgehead atoms. The zero-order valence-corrected chi connectivity index (χ0v) is 13.2. The van der Waals surface area contributed by atoms with Crippen LogP contribution in [0.3, 0.4) is 0 Å². The van der Waals surface area contributed by atoms with Gasteiger partial charge in [0.2, 0.25) is 0 Å². The van der Waals surface area contributed by atoms with Gasteiger partial charge in [-0.15, -0.1) is 0 Å². The molecule has 0 radical (unpaired) electrons. The van der Waals surface area contributed by atoms with Crippen LogP contribution in [0.15, 0.2) is 59.1 Å². The van der Waals surface area contributed by atoms with Gasteiger partial charge in [-0.25, -0.2) is 4.39 Å². The maximum absolute atomic E-state index is 13.7. The predicted octanol–water partition coefficient (Wildman–Crippen LogP) is 4.08. The molecule has 0 saturated carbocycles. The molecule has 0 saturated heterocycles. The highest BCUT2D eigenvalue weighted by atomic mass is 19.1. The van der Waals surface area contributed by atoms with Crippen molar-refractivity contribution in [3.8, 4) is 11.3 Å². The fourth-order valence-corrected chi connectivity index (χ4v) is 2.36. The summed E-state index contributed by atoms with van der Waals surface area (Å²) in [6.45, 7) is 1.96. The Hall–Kier alpha value is -2.95. The molecule has 24 heavy (non-hydrogen) atoms. The second-order valence-corrected chi connectivity index (χ2v) is 5.49. The zero-order valence-electron chi connectivity index (χ0n) is 13.2. The summed E-state index contributed by atoms with van der Waals surface area (Å²) in [6, 6.07) is 15.5. The Labute approximate surface area is 138 Å². The number of nitrogens with zero attached hydrogens (tertiary/aromatic N) is 1. The van der Waals surface area contributed by atoms with E-state index in [1.165, 1.54) is 6.07 Å². The zero-order chi connectivity index (χ0) is 16.9. The number of carbonyl (C=O) groups is 1. The van der Waals surface area contributed by atoms with Crippen molar-refractivity contribution in [2.24, 2.45) is 0 Å². The van der Waals surface area contributed by atoms with E-state index < -0.39 is 5.82 Å². The lowest BCUT2D eigenvalue weighted by Crippen LogP contribution is -2.08. The van der Waals surface area contributed by atoms with Crippen LogP contribution in [-0.4, -0.2) is 11.1 Å². The maximum Gasteiger partial charge on any atom is 0.310 e. The van der Waals surface area contributed by atoms with Crippen LogP contribution >= 0.6 is 0 Å². The van der Waals surface area contributed by atoms with Crippen LogP contribution in [0.25, 0.3) is 11.3 Å². The fraction of sp³-hybridized carbons (Fsp3) is 0.158. The number of esters is 1. The predicted molar refractivity (Wildman–Crippen MR) is 86.6 cm³/mol. The van der Waals surface area contributed by atoms with Gasteiger partial charge in [0.05, 0.1) is 12.0 Å². The van der Waals surface area contributed by atoms with Gasteiger partial charge in [0.15, 0.2) is 5.76 Å². The van der Waals surface area contributed by atoms with Gasteiger partial charge in [0.25, 0.3) is 0 Å². The van der Waals surface area contributed by atoms with E-state index in [9.17, 15) is 9.18 Å². The van der Waals surface area contributed by atoms with Gasteiger partial charge < -0.3 is 9.26 Å². The van der Waals surface area contributed by atoms with E-state index in [2.05, 4.69) is 5.16 Å². The van der Waals surface area contributed by atoms with Gasteiger partial charge in [-0.3, -0.25) is 4.79 Å². The number of aromatic nitrogens is 1. The van der Waals surface area contributed by atoms with E-state index in [4.69, 9.17) is 9.26 Å². The molecule has 0 aliphatic carbocycles. The second kappa shape index (κ2) is 7.08. The minimum Gasteiger partial charge on any atom is -0.459 e. The molecule has 2 aromatic carbocycles. The Kier molecular flexibility index (Phi) is 4.70. The lowest BCUT2D eigenvalue weighted by Gasteiger charge is -2.03. The van der Waals surface area contributed by atoms with Crippen LogP contribution in [0.1, 0.15) is 16.8 Å². The average Bonchev–Trinajstić information content (AvgIpc) is 3.02. The van der Waals surface area contributed by atoms with Crippen molar-refractivity contribution in [1.82, 2.24) is 5.16 Å². The Morgan fingerprint density at radius 3 is 2.79 bits per heavy atom. The third-order valence-electron chi connectivity index (χ3n) is 3.51. The number of benzene rings is 2. The van der Waals surface area contributed by atoms with E-state index >= 15 is 0 Å². The maximum atomic E-state index is 13.7.